The molecule has 1 aliphatic rings. The van der Waals surface area contributed by atoms with Crippen molar-refractivity contribution in [3.63, 3.8) is 0 Å². The fraction of sp³-hybridized carbons (Fsp3) is 0.333. The van der Waals surface area contributed by atoms with E-state index in [0.717, 1.165) is 44.0 Å². The normalized spacial score (nSPS) is 16.8. The summed E-state index contributed by atoms with van der Waals surface area (Å²) in [4.78, 5) is 19.4. The molecule has 3 aromatic rings. The number of carbonyl (C=O) groups is 1. The Labute approximate surface area is 172 Å². The van der Waals surface area contributed by atoms with Crippen LogP contribution in [0.4, 0.5) is 0 Å². The summed E-state index contributed by atoms with van der Waals surface area (Å²) in [6.45, 7) is 6.32. The van der Waals surface area contributed by atoms with Crippen molar-refractivity contribution in [2.75, 3.05) is 19.6 Å². The molecular formula is C24H28N4O. The van der Waals surface area contributed by atoms with Crippen LogP contribution in [0, 0.1) is 12.8 Å². The van der Waals surface area contributed by atoms with Gasteiger partial charge >= 0.3 is 0 Å². The maximum atomic E-state index is 12.5. The second-order valence-corrected chi connectivity index (χ2v) is 7.87. The lowest BCUT2D eigenvalue weighted by Gasteiger charge is -2.18. The summed E-state index contributed by atoms with van der Waals surface area (Å²) in [5, 5.41) is 3.12. The molecule has 0 radical (unpaired) electrons. The molecule has 4 rings (SSSR count). The smallest absolute Gasteiger partial charge is 0.240 e. The molecule has 1 fully saturated rings. The van der Waals surface area contributed by atoms with Gasteiger partial charge in [0.05, 0.1) is 0 Å². The Morgan fingerprint density at radius 1 is 1.14 bits per heavy atom. The van der Waals surface area contributed by atoms with Crippen molar-refractivity contribution >= 4 is 5.91 Å². The number of nitrogens with one attached hydrogen (secondary N) is 1. The van der Waals surface area contributed by atoms with E-state index in [0.29, 0.717) is 12.5 Å². The number of likely N-dealkylation sites (tertiary alicyclic amines) is 1. The van der Waals surface area contributed by atoms with Gasteiger partial charge in [0.1, 0.15) is 12.4 Å². The second kappa shape index (κ2) is 9.05. The van der Waals surface area contributed by atoms with Crippen molar-refractivity contribution in [1.82, 2.24) is 19.8 Å². The topological polar surface area (TPSA) is 50.2 Å². The molecule has 1 aromatic heterocycles. The summed E-state index contributed by atoms with van der Waals surface area (Å²) in [5.41, 5.74) is 3.76. The SMILES string of the molecule is Cc1ccccc1CN1CC[C@H](CNC(=O)Cn2ccnc2-c2ccccc2)C1. The largest absolute Gasteiger partial charge is 0.354 e. The number of aromatic nitrogens is 2. The minimum atomic E-state index is 0.0394. The number of rotatable bonds is 7. The molecular weight excluding hydrogens is 360 g/mol. The standard InChI is InChI=1S/C24H28N4O/c1-19-7-5-6-10-22(19)17-27-13-11-20(16-27)15-26-23(29)18-28-14-12-25-24(28)21-8-3-2-4-9-21/h2-10,12,14,20H,11,13,15-18H2,1H3,(H,26,29)/t20-/m1/s1. The van der Waals surface area contributed by atoms with E-state index < -0.39 is 0 Å². The number of hydrogen-bond acceptors (Lipinski definition) is 3. The van der Waals surface area contributed by atoms with Crippen LogP contribution >= 0.6 is 0 Å². The first-order valence-electron chi connectivity index (χ1n) is 10.3. The quantitative estimate of drug-likeness (QED) is 0.674. The van der Waals surface area contributed by atoms with Crippen molar-refractivity contribution in [3.8, 4) is 11.4 Å². The van der Waals surface area contributed by atoms with Gasteiger partial charge in [-0.1, -0.05) is 54.6 Å². The molecule has 0 saturated carbocycles. The Balaban J connectivity index is 1.26. The zero-order valence-electron chi connectivity index (χ0n) is 16.9. The molecule has 1 atom stereocenters. The molecule has 1 saturated heterocycles. The highest BCUT2D eigenvalue weighted by atomic mass is 16.1. The molecule has 5 nitrogen and oxygen atoms in total. The van der Waals surface area contributed by atoms with E-state index in [1.165, 1.54) is 11.1 Å². The van der Waals surface area contributed by atoms with E-state index in [1.54, 1.807) is 6.20 Å². The van der Waals surface area contributed by atoms with Crippen LogP contribution in [0.5, 0.6) is 0 Å². The minimum absolute atomic E-state index is 0.0394. The van der Waals surface area contributed by atoms with Gasteiger partial charge in [-0.05, 0) is 36.9 Å². The van der Waals surface area contributed by atoms with Gasteiger partial charge in [0.15, 0.2) is 0 Å². The number of aryl methyl sites for hydroxylation is 1. The van der Waals surface area contributed by atoms with E-state index in [1.807, 2.05) is 41.1 Å². The van der Waals surface area contributed by atoms with Gasteiger partial charge < -0.3 is 9.88 Å². The van der Waals surface area contributed by atoms with Crippen LogP contribution in [0.1, 0.15) is 17.5 Å². The summed E-state index contributed by atoms with van der Waals surface area (Å²) in [6, 6.07) is 18.5. The minimum Gasteiger partial charge on any atom is -0.354 e. The summed E-state index contributed by atoms with van der Waals surface area (Å²) in [5.74, 6) is 1.38. The Morgan fingerprint density at radius 3 is 2.76 bits per heavy atom. The Kier molecular flexibility index (Phi) is 6.06. The fourth-order valence-electron chi connectivity index (χ4n) is 4.00. The van der Waals surface area contributed by atoms with Crippen LogP contribution in [-0.4, -0.2) is 40.0 Å². The molecule has 5 heteroatoms. The van der Waals surface area contributed by atoms with Gasteiger partial charge in [-0.2, -0.15) is 0 Å². The average Bonchev–Trinajstić information content (AvgIpc) is 3.38. The number of amides is 1. The van der Waals surface area contributed by atoms with Crippen LogP contribution in [0.2, 0.25) is 0 Å². The molecule has 1 amide bonds. The van der Waals surface area contributed by atoms with Crippen molar-refractivity contribution < 1.29 is 4.79 Å². The highest BCUT2D eigenvalue weighted by Gasteiger charge is 2.23. The lowest BCUT2D eigenvalue weighted by Crippen LogP contribution is -2.33. The Morgan fingerprint density at radius 2 is 1.93 bits per heavy atom. The Hall–Kier alpha value is -2.92. The van der Waals surface area contributed by atoms with E-state index in [4.69, 9.17) is 0 Å². The fourth-order valence-corrected chi connectivity index (χ4v) is 4.00. The van der Waals surface area contributed by atoms with Crippen molar-refractivity contribution in [2.24, 2.45) is 5.92 Å². The lowest BCUT2D eigenvalue weighted by atomic mass is 10.1. The highest BCUT2D eigenvalue weighted by Crippen LogP contribution is 2.20. The van der Waals surface area contributed by atoms with E-state index in [9.17, 15) is 4.79 Å². The van der Waals surface area contributed by atoms with Gasteiger partial charge in [-0.3, -0.25) is 9.69 Å². The third-order valence-electron chi connectivity index (χ3n) is 5.67. The number of benzene rings is 2. The molecule has 29 heavy (non-hydrogen) atoms. The maximum Gasteiger partial charge on any atom is 0.240 e. The number of imidazole rings is 1. The van der Waals surface area contributed by atoms with Gasteiger partial charge in [-0.25, -0.2) is 4.98 Å². The van der Waals surface area contributed by atoms with Crippen LogP contribution in [0.25, 0.3) is 11.4 Å². The molecule has 1 aliphatic heterocycles. The monoisotopic (exact) mass is 388 g/mol. The molecule has 0 unspecified atom stereocenters. The predicted octanol–water partition coefficient (Wildman–Crippen LogP) is 3.50. The van der Waals surface area contributed by atoms with Crippen LogP contribution in [0.15, 0.2) is 67.0 Å². The van der Waals surface area contributed by atoms with Crippen LogP contribution in [0.3, 0.4) is 0 Å². The number of nitrogens with zero attached hydrogens (tertiary/aromatic N) is 3. The summed E-state index contributed by atoms with van der Waals surface area (Å²) in [7, 11) is 0. The first-order valence-corrected chi connectivity index (χ1v) is 10.3. The number of hydrogen-bond donors (Lipinski definition) is 1. The predicted molar refractivity (Wildman–Crippen MR) is 115 cm³/mol. The van der Waals surface area contributed by atoms with Crippen molar-refractivity contribution in [2.45, 2.75) is 26.4 Å². The Bertz CT molecular complexity index is 950. The summed E-state index contributed by atoms with van der Waals surface area (Å²) < 4.78 is 1.91. The molecule has 150 valence electrons. The molecule has 0 bridgehead atoms. The maximum absolute atomic E-state index is 12.5. The third kappa shape index (κ3) is 4.93. The molecule has 0 spiro atoms. The van der Waals surface area contributed by atoms with Crippen molar-refractivity contribution in [3.05, 3.63) is 78.1 Å². The van der Waals surface area contributed by atoms with Gasteiger partial charge in [0.25, 0.3) is 0 Å². The molecule has 1 N–H and O–H groups in total. The number of carbonyl (C=O) groups excluding carboxylic acids is 1. The third-order valence-corrected chi connectivity index (χ3v) is 5.67. The van der Waals surface area contributed by atoms with E-state index in [2.05, 4.69) is 46.4 Å². The highest BCUT2D eigenvalue weighted by molar-refractivity contribution is 5.76. The summed E-state index contributed by atoms with van der Waals surface area (Å²) >= 11 is 0. The van der Waals surface area contributed by atoms with E-state index >= 15 is 0 Å². The van der Waals surface area contributed by atoms with Gasteiger partial charge in [0.2, 0.25) is 5.91 Å². The molecule has 2 aromatic carbocycles. The zero-order valence-corrected chi connectivity index (χ0v) is 16.9. The zero-order chi connectivity index (χ0) is 20.1. The van der Waals surface area contributed by atoms with Gasteiger partial charge in [0, 0.05) is 37.6 Å². The van der Waals surface area contributed by atoms with Crippen LogP contribution in [-0.2, 0) is 17.9 Å². The first-order chi connectivity index (χ1) is 14.2. The lowest BCUT2D eigenvalue weighted by molar-refractivity contribution is -0.121. The van der Waals surface area contributed by atoms with Crippen molar-refractivity contribution in [1.29, 1.82) is 0 Å². The molecule has 0 aliphatic carbocycles. The first kappa shape index (κ1) is 19.4. The van der Waals surface area contributed by atoms with Gasteiger partial charge in [-0.15, -0.1) is 0 Å². The average molecular weight is 389 g/mol. The second-order valence-electron chi connectivity index (χ2n) is 7.87. The summed E-state index contributed by atoms with van der Waals surface area (Å²) in [6.07, 6.45) is 4.74. The molecule has 2 heterocycles. The van der Waals surface area contributed by atoms with E-state index in [-0.39, 0.29) is 5.91 Å². The van der Waals surface area contributed by atoms with Crippen LogP contribution < -0.4 is 5.32 Å².